The fourth-order valence-electron chi connectivity index (χ4n) is 3.07. The molecule has 2 heterocycles. The smallest absolute Gasteiger partial charge is 0.0596 e. The average molecular weight is 280 g/mol. The van der Waals surface area contributed by atoms with Gasteiger partial charge in [0, 0.05) is 15.3 Å². The Hall–Kier alpha value is -0.380. The highest BCUT2D eigenvalue weighted by Gasteiger charge is 2.37. The van der Waals surface area contributed by atoms with Crippen LogP contribution < -0.4 is 5.32 Å². The van der Waals surface area contributed by atoms with E-state index in [1.807, 2.05) is 11.3 Å². The van der Waals surface area contributed by atoms with Gasteiger partial charge in [-0.05, 0) is 71.8 Å². The Bertz CT molecular complexity index is 391. The molecule has 1 unspecified atom stereocenters. The zero-order valence-electron chi connectivity index (χ0n) is 12.8. The predicted molar refractivity (Wildman–Crippen MR) is 85.0 cm³/mol. The lowest BCUT2D eigenvalue weighted by atomic mass is 9.91. The lowest BCUT2D eigenvalue weighted by Crippen LogP contribution is -2.51. The van der Waals surface area contributed by atoms with Gasteiger partial charge in [0.25, 0.3) is 0 Å². The molecule has 2 nitrogen and oxygen atoms in total. The molecule has 1 N–H and O–H groups in total. The second kappa shape index (κ2) is 6.38. The van der Waals surface area contributed by atoms with E-state index < -0.39 is 0 Å². The number of hydrogen-bond acceptors (Lipinski definition) is 3. The van der Waals surface area contributed by atoms with E-state index in [0.29, 0.717) is 6.04 Å². The first kappa shape index (κ1) is 15.0. The van der Waals surface area contributed by atoms with Gasteiger partial charge in [0.1, 0.15) is 0 Å². The highest BCUT2D eigenvalue weighted by molar-refractivity contribution is 7.12. The monoisotopic (exact) mass is 280 g/mol. The second-order valence-corrected chi connectivity index (χ2v) is 7.50. The van der Waals surface area contributed by atoms with E-state index in [1.54, 1.807) is 0 Å². The van der Waals surface area contributed by atoms with Crippen molar-refractivity contribution in [3.05, 3.63) is 21.9 Å². The standard InChI is InChI=1S/C16H28N2S/c1-5-10-17-15(14-9-8-13(2)19-14)16(3,4)18-11-6-7-12-18/h8-9,15,17H,5-7,10-12H2,1-4H3. The lowest BCUT2D eigenvalue weighted by Gasteiger charge is -2.42. The van der Waals surface area contributed by atoms with E-state index in [2.05, 4.69) is 50.0 Å². The summed E-state index contributed by atoms with van der Waals surface area (Å²) in [7, 11) is 0. The molecule has 3 heteroatoms. The van der Waals surface area contributed by atoms with Crippen LogP contribution in [-0.4, -0.2) is 30.1 Å². The van der Waals surface area contributed by atoms with Crippen LogP contribution in [0.4, 0.5) is 0 Å². The number of nitrogens with zero attached hydrogens (tertiary/aromatic N) is 1. The van der Waals surface area contributed by atoms with Gasteiger partial charge in [0.15, 0.2) is 0 Å². The number of likely N-dealkylation sites (tertiary alicyclic amines) is 1. The number of aryl methyl sites for hydroxylation is 1. The Kier molecular flexibility index (Phi) is 5.04. The Morgan fingerprint density at radius 2 is 2.00 bits per heavy atom. The zero-order valence-corrected chi connectivity index (χ0v) is 13.6. The molecule has 1 aliphatic heterocycles. The van der Waals surface area contributed by atoms with Gasteiger partial charge < -0.3 is 5.32 Å². The maximum absolute atomic E-state index is 3.78. The molecule has 1 aromatic rings. The third-order valence-electron chi connectivity index (χ3n) is 4.27. The highest BCUT2D eigenvalue weighted by atomic mass is 32.1. The number of nitrogens with one attached hydrogen (secondary N) is 1. The molecule has 1 aliphatic rings. The maximum atomic E-state index is 3.78. The maximum Gasteiger partial charge on any atom is 0.0596 e. The molecule has 0 aliphatic carbocycles. The van der Waals surface area contributed by atoms with Crippen molar-refractivity contribution in [1.29, 1.82) is 0 Å². The van der Waals surface area contributed by atoms with Crippen LogP contribution in [0.2, 0.25) is 0 Å². The summed E-state index contributed by atoms with van der Waals surface area (Å²) in [6, 6.07) is 5.01. The third-order valence-corrected chi connectivity index (χ3v) is 5.34. The molecular formula is C16H28N2S. The summed E-state index contributed by atoms with van der Waals surface area (Å²) in [5.74, 6) is 0. The van der Waals surface area contributed by atoms with Gasteiger partial charge in [-0.25, -0.2) is 0 Å². The molecule has 2 rings (SSSR count). The molecule has 0 spiro atoms. The molecule has 0 saturated carbocycles. The van der Waals surface area contributed by atoms with Crippen LogP contribution in [0.15, 0.2) is 12.1 Å². The molecule has 0 aromatic carbocycles. The summed E-state index contributed by atoms with van der Waals surface area (Å²) in [5.41, 5.74) is 0.197. The Labute approximate surface area is 122 Å². The van der Waals surface area contributed by atoms with E-state index in [1.165, 1.54) is 42.1 Å². The van der Waals surface area contributed by atoms with Crippen molar-refractivity contribution in [2.75, 3.05) is 19.6 Å². The van der Waals surface area contributed by atoms with Gasteiger partial charge in [-0.3, -0.25) is 4.90 Å². The molecule has 1 atom stereocenters. The van der Waals surface area contributed by atoms with Crippen LogP contribution in [0.5, 0.6) is 0 Å². The highest BCUT2D eigenvalue weighted by Crippen LogP contribution is 2.36. The summed E-state index contributed by atoms with van der Waals surface area (Å²) in [6.07, 6.45) is 3.90. The minimum atomic E-state index is 0.197. The first-order valence-corrected chi connectivity index (χ1v) is 8.42. The summed E-state index contributed by atoms with van der Waals surface area (Å²) in [4.78, 5) is 5.56. The summed E-state index contributed by atoms with van der Waals surface area (Å²) in [6.45, 7) is 12.9. The van der Waals surface area contributed by atoms with Crippen molar-refractivity contribution in [3.63, 3.8) is 0 Å². The molecule has 0 radical (unpaired) electrons. The lowest BCUT2D eigenvalue weighted by molar-refractivity contribution is 0.108. The van der Waals surface area contributed by atoms with Crippen molar-refractivity contribution >= 4 is 11.3 Å². The topological polar surface area (TPSA) is 15.3 Å². The van der Waals surface area contributed by atoms with E-state index >= 15 is 0 Å². The van der Waals surface area contributed by atoms with Crippen molar-refractivity contribution in [2.45, 2.75) is 58.5 Å². The predicted octanol–water partition coefficient (Wildman–Crippen LogP) is 3.97. The van der Waals surface area contributed by atoms with Crippen LogP contribution in [0.1, 0.15) is 55.8 Å². The van der Waals surface area contributed by atoms with Crippen molar-refractivity contribution < 1.29 is 0 Å². The Balaban J connectivity index is 2.20. The fourth-order valence-corrected chi connectivity index (χ4v) is 4.21. The van der Waals surface area contributed by atoms with Crippen LogP contribution >= 0.6 is 11.3 Å². The van der Waals surface area contributed by atoms with Crippen LogP contribution in [0.25, 0.3) is 0 Å². The fraction of sp³-hybridized carbons (Fsp3) is 0.750. The van der Waals surface area contributed by atoms with Crippen LogP contribution in [0.3, 0.4) is 0 Å². The number of rotatable bonds is 6. The molecule has 108 valence electrons. The van der Waals surface area contributed by atoms with Gasteiger partial charge in [-0.2, -0.15) is 0 Å². The van der Waals surface area contributed by atoms with Gasteiger partial charge in [0.05, 0.1) is 6.04 Å². The molecule has 1 saturated heterocycles. The van der Waals surface area contributed by atoms with Gasteiger partial charge in [-0.1, -0.05) is 6.92 Å². The van der Waals surface area contributed by atoms with Crippen LogP contribution in [-0.2, 0) is 0 Å². The van der Waals surface area contributed by atoms with Crippen LogP contribution in [0, 0.1) is 6.92 Å². The van der Waals surface area contributed by atoms with E-state index in [0.717, 1.165) is 6.54 Å². The summed E-state index contributed by atoms with van der Waals surface area (Å²) in [5, 5.41) is 3.78. The Morgan fingerprint density at radius 1 is 1.32 bits per heavy atom. The van der Waals surface area contributed by atoms with E-state index in [4.69, 9.17) is 0 Å². The quantitative estimate of drug-likeness (QED) is 0.848. The van der Waals surface area contributed by atoms with Gasteiger partial charge in [0.2, 0.25) is 0 Å². The SMILES string of the molecule is CCCNC(c1ccc(C)s1)C(C)(C)N1CCCC1. The minimum absolute atomic E-state index is 0.197. The molecule has 19 heavy (non-hydrogen) atoms. The normalized spacial score (nSPS) is 18.9. The molecule has 0 bridgehead atoms. The third kappa shape index (κ3) is 3.39. The second-order valence-electron chi connectivity index (χ2n) is 6.18. The van der Waals surface area contributed by atoms with E-state index in [9.17, 15) is 0 Å². The largest absolute Gasteiger partial charge is 0.308 e. The van der Waals surface area contributed by atoms with Crippen molar-refractivity contribution in [2.24, 2.45) is 0 Å². The van der Waals surface area contributed by atoms with Crippen molar-refractivity contribution in [1.82, 2.24) is 10.2 Å². The van der Waals surface area contributed by atoms with Gasteiger partial charge >= 0.3 is 0 Å². The number of thiophene rings is 1. The molecule has 1 aromatic heterocycles. The molecule has 1 fully saturated rings. The first-order valence-electron chi connectivity index (χ1n) is 7.60. The van der Waals surface area contributed by atoms with E-state index in [-0.39, 0.29) is 5.54 Å². The summed E-state index contributed by atoms with van der Waals surface area (Å²) < 4.78 is 0. The van der Waals surface area contributed by atoms with Crippen molar-refractivity contribution in [3.8, 4) is 0 Å². The molecule has 0 amide bonds. The minimum Gasteiger partial charge on any atom is -0.308 e. The van der Waals surface area contributed by atoms with Gasteiger partial charge in [-0.15, -0.1) is 11.3 Å². The Morgan fingerprint density at radius 3 is 2.53 bits per heavy atom. The first-order chi connectivity index (χ1) is 9.05. The molecular weight excluding hydrogens is 252 g/mol. The summed E-state index contributed by atoms with van der Waals surface area (Å²) >= 11 is 1.94. The number of hydrogen-bond donors (Lipinski definition) is 1. The average Bonchev–Trinajstić information content (AvgIpc) is 3.01. The zero-order chi connectivity index (χ0) is 13.9.